The molecule has 2 nitrogen and oxygen atoms in total. The molecule has 3 heteroatoms. The lowest BCUT2D eigenvalue weighted by Crippen LogP contribution is -2.32. The third kappa shape index (κ3) is 6.24. The fourth-order valence-corrected chi connectivity index (χ4v) is 2.69. The monoisotopic (exact) mass is 325 g/mol. The molecular weight excluding hydrogens is 302 g/mol. The smallest absolute Gasteiger partial charge is 0.251 e. The molecule has 0 fully saturated rings. The van der Waals surface area contributed by atoms with E-state index in [0.717, 1.165) is 34.4 Å². The molecule has 0 saturated heterocycles. The fourth-order valence-electron chi connectivity index (χ4n) is 2.08. The first-order chi connectivity index (χ1) is 8.88. The van der Waals surface area contributed by atoms with Gasteiger partial charge in [-0.25, -0.2) is 0 Å². The standard InChI is InChI=1S/C16H24BrNO/c1-11(2)6-5-7-13(4)18-16(19)14-8-12(3)9-15(17)10-14/h8-11,13H,5-7H2,1-4H3,(H,18,19). The molecule has 0 aliphatic heterocycles. The summed E-state index contributed by atoms with van der Waals surface area (Å²) in [5.41, 5.74) is 1.81. The Labute approximate surface area is 125 Å². The van der Waals surface area contributed by atoms with Gasteiger partial charge in [0.1, 0.15) is 0 Å². The number of nitrogens with one attached hydrogen (secondary N) is 1. The molecule has 0 aliphatic carbocycles. The second-order valence-electron chi connectivity index (χ2n) is 5.72. The summed E-state index contributed by atoms with van der Waals surface area (Å²) >= 11 is 3.43. The summed E-state index contributed by atoms with van der Waals surface area (Å²) in [6.07, 6.45) is 3.42. The molecule has 1 amide bonds. The highest BCUT2D eigenvalue weighted by molar-refractivity contribution is 9.10. The summed E-state index contributed by atoms with van der Waals surface area (Å²) in [5.74, 6) is 0.747. The maximum Gasteiger partial charge on any atom is 0.251 e. The quantitative estimate of drug-likeness (QED) is 0.806. The van der Waals surface area contributed by atoms with Crippen molar-refractivity contribution in [1.82, 2.24) is 5.32 Å². The first kappa shape index (κ1) is 16.2. The Morgan fingerprint density at radius 3 is 2.47 bits per heavy atom. The van der Waals surface area contributed by atoms with Crippen LogP contribution in [0.4, 0.5) is 0 Å². The summed E-state index contributed by atoms with van der Waals surface area (Å²) in [7, 11) is 0. The Balaban J connectivity index is 2.49. The number of hydrogen-bond acceptors (Lipinski definition) is 1. The molecule has 0 radical (unpaired) electrons. The van der Waals surface area contributed by atoms with Crippen LogP contribution in [0.5, 0.6) is 0 Å². The van der Waals surface area contributed by atoms with Gasteiger partial charge >= 0.3 is 0 Å². The van der Waals surface area contributed by atoms with E-state index >= 15 is 0 Å². The Morgan fingerprint density at radius 2 is 1.89 bits per heavy atom. The highest BCUT2D eigenvalue weighted by Gasteiger charge is 2.10. The van der Waals surface area contributed by atoms with E-state index in [1.54, 1.807) is 0 Å². The lowest BCUT2D eigenvalue weighted by Gasteiger charge is -2.15. The zero-order chi connectivity index (χ0) is 14.4. The Hall–Kier alpha value is -0.830. The second-order valence-corrected chi connectivity index (χ2v) is 6.63. The molecule has 0 saturated carbocycles. The lowest BCUT2D eigenvalue weighted by molar-refractivity contribution is 0.0937. The molecule has 0 spiro atoms. The SMILES string of the molecule is Cc1cc(Br)cc(C(=O)NC(C)CCCC(C)C)c1. The minimum absolute atomic E-state index is 0.0152. The Kier molecular flexibility index (Phi) is 6.56. The maximum absolute atomic E-state index is 12.1. The number of amides is 1. The van der Waals surface area contributed by atoms with Crippen molar-refractivity contribution >= 4 is 21.8 Å². The van der Waals surface area contributed by atoms with E-state index in [1.807, 2.05) is 25.1 Å². The number of benzene rings is 1. The summed E-state index contributed by atoms with van der Waals surface area (Å²) in [4.78, 5) is 12.1. The third-order valence-corrected chi connectivity index (χ3v) is 3.56. The normalized spacial score (nSPS) is 12.5. The van der Waals surface area contributed by atoms with Crippen LogP contribution in [0.2, 0.25) is 0 Å². The number of rotatable bonds is 6. The highest BCUT2D eigenvalue weighted by atomic mass is 79.9. The van der Waals surface area contributed by atoms with Crippen molar-refractivity contribution in [1.29, 1.82) is 0 Å². The van der Waals surface area contributed by atoms with E-state index in [1.165, 1.54) is 6.42 Å². The topological polar surface area (TPSA) is 29.1 Å². The van der Waals surface area contributed by atoms with E-state index in [-0.39, 0.29) is 11.9 Å². The maximum atomic E-state index is 12.1. The molecule has 1 atom stereocenters. The summed E-state index contributed by atoms with van der Waals surface area (Å²) in [6.45, 7) is 8.53. The Morgan fingerprint density at radius 1 is 1.21 bits per heavy atom. The van der Waals surface area contributed by atoms with Crippen molar-refractivity contribution in [2.75, 3.05) is 0 Å². The molecule has 0 aliphatic rings. The third-order valence-electron chi connectivity index (χ3n) is 3.10. The van der Waals surface area contributed by atoms with Gasteiger partial charge in [-0.15, -0.1) is 0 Å². The van der Waals surface area contributed by atoms with Crippen molar-refractivity contribution in [2.24, 2.45) is 5.92 Å². The van der Waals surface area contributed by atoms with Gasteiger partial charge in [0.05, 0.1) is 0 Å². The van der Waals surface area contributed by atoms with E-state index in [0.29, 0.717) is 0 Å². The minimum atomic E-state index is 0.0152. The van der Waals surface area contributed by atoms with Crippen molar-refractivity contribution < 1.29 is 4.79 Å². The molecule has 0 bridgehead atoms. The van der Waals surface area contributed by atoms with Gasteiger partial charge < -0.3 is 5.32 Å². The number of halogens is 1. The van der Waals surface area contributed by atoms with Crippen LogP contribution >= 0.6 is 15.9 Å². The molecular formula is C16H24BrNO. The van der Waals surface area contributed by atoms with Crippen molar-refractivity contribution in [3.8, 4) is 0 Å². The van der Waals surface area contributed by atoms with E-state index < -0.39 is 0 Å². The van der Waals surface area contributed by atoms with Crippen LogP contribution in [0, 0.1) is 12.8 Å². The average molecular weight is 326 g/mol. The number of aryl methyl sites for hydroxylation is 1. The van der Waals surface area contributed by atoms with Gasteiger partial charge in [-0.1, -0.05) is 42.6 Å². The van der Waals surface area contributed by atoms with Crippen LogP contribution in [-0.4, -0.2) is 11.9 Å². The molecule has 1 aromatic rings. The first-order valence-corrected chi connectivity index (χ1v) is 7.76. The Bertz CT molecular complexity index is 409. The summed E-state index contributed by atoms with van der Waals surface area (Å²) in [6, 6.07) is 6.01. The second kappa shape index (κ2) is 7.68. The van der Waals surface area contributed by atoms with Gasteiger partial charge in [0, 0.05) is 16.1 Å². The number of hydrogen-bond donors (Lipinski definition) is 1. The minimum Gasteiger partial charge on any atom is -0.350 e. The van der Waals surface area contributed by atoms with Gasteiger partial charge in [-0.05, 0) is 49.9 Å². The van der Waals surface area contributed by atoms with E-state index in [2.05, 4.69) is 42.0 Å². The fraction of sp³-hybridized carbons (Fsp3) is 0.562. The van der Waals surface area contributed by atoms with E-state index in [4.69, 9.17) is 0 Å². The lowest BCUT2D eigenvalue weighted by atomic mass is 10.0. The highest BCUT2D eigenvalue weighted by Crippen LogP contribution is 2.16. The largest absolute Gasteiger partial charge is 0.350 e. The predicted octanol–water partition coefficient (Wildman–Crippen LogP) is 4.70. The zero-order valence-electron chi connectivity index (χ0n) is 12.3. The van der Waals surface area contributed by atoms with Crippen LogP contribution in [-0.2, 0) is 0 Å². The molecule has 0 heterocycles. The van der Waals surface area contributed by atoms with Crippen LogP contribution in [0.3, 0.4) is 0 Å². The van der Waals surface area contributed by atoms with Gasteiger partial charge in [0.15, 0.2) is 0 Å². The number of carbonyl (C=O) groups is 1. The zero-order valence-corrected chi connectivity index (χ0v) is 13.9. The van der Waals surface area contributed by atoms with Crippen LogP contribution in [0.15, 0.2) is 22.7 Å². The predicted molar refractivity (Wildman–Crippen MR) is 84.5 cm³/mol. The summed E-state index contributed by atoms with van der Waals surface area (Å²) in [5, 5.41) is 3.06. The number of carbonyl (C=O) groups excluding carboxylic acids is 1. The van der Waals surface area contributed by atoms with Crippen LogP contribution in [0.25, 0.3) is 0 Å². The molecule has 1 rings (SSSR count). The molecule has 1 aromatic carbocycles. The van der Waals surface area contributed by atoms with Gasteiger partial charge in [0.2, 0.25) is 0 Å². The van der Waals surface area contributed by atoms with Crippen LogP contribution in [0.1, 0.15) is 56.0 Å². The average Bonchev–Trinajstić information content (AvgIpc) is 2.26. The van der Waals surface area contributed by atoms with Crippen molar-refractivity contribution in [3.63, 3.8) is 0 Å². The molecule has 0 aromatic heterocycles. The van der Waals surface area contributed by atoms with E-state index in [9.17, 15) is 4.79 Å². The molecule has 106 valence electrons. The molecule has 1 unspecified atom stereocenters. The van der Waals surface area contributed by atoms with Crippen molar-refractivity contribution in [3.05, 3.63) is 33.8 Å². The molecule has 19 heavy (non-hydrogen) atoms. The van der Waals surface area contributed by atoms with Gasteiger partial charge in [-0.2, -0.15) is 0 Å². The van der Waals surface area contributed by atoms with Gasteiger partial charge in [-0.3, -0.25) is 4.79 Å². The summed E-state index contributed by atoms with van der Waals surface area (Å²) < 4.78 is 0.949. The van der Waals surface area contributed by atoms with Crippen LogP contribution < -0.4 is 5.32 Å². The van der Waals surface area contributed by atoms with Crippen molar-refractivity contribution in [2.45, 2.75) is 53.0 Å². The van der Waals surface area contributed by atoms with Gasteiger partial charge in [0.25, 0.3) is 5.91 Å². The molecule has 1 N–H and O–H groups in total. The first-order valence-electron chi connectivity index (χ1n) is 6.96.